The van der Waals surface area contributed by atoms with Crippen LogP contribution in [0.15, 0.2) is 41.4 Å². The highest BCUT2D eigenvalue weighted by Crippen LogP contribution is 2.20. The van der Waals surface area contributed by atoms with Crippen molar-refractivity contribution in [1.29, 1.82) is 5.26 Å². The van der Waals surface area contributed by atoms with Crippen LogP contribution >= 0.6 is 11.8 Å². The van der Waals surface area contributed by atoms with Crippen LogP contribution in [0.4, 0.5) is 0 Å². The molecule has 0 fully saturated rings. The van der Waals surface area contributed by atoms with Gasteiger partial charge in [-0.15, -0.1) is 0 Å². The highest BCUT2D eigenvalue weighted by molar-refractivity contribution is 8.03. The Kier molecular flexibility index (Phi) is 2.15. The van der Waals surface area contributed by atoms with Gasteiger partial charge in [0.2, 0.25) is 0 Å². The van der Waals surface area contributed by atoms with E-state index in [9.17, 15) is 0 Å². The Morgan fingerprint density at radius 2 is 2.15 bits per heavy atom. The number of rotatable bonds is 1. The third-order valence-electron chi connectivity index (χ3n) is 1.73. The summed E-state index contributed by atoms with van der Waals surface area (Å²) in [5.74, 6) is 0. The highest BCUT2D eigenvalue weighted by atomic mass is 32.2. The second-order valence-corrected chi connectivity index (χ2v) is 3.42. The molecule has 0 aliphatic rings. The van der Waals surface area contributed by atoms with Gasteiger partial charge >= 0.3 is 0 Å². The molecule has 2 rings (SSSR count). The van der Waals surface area contributed by atoms with Crippen molar-refractivity contribution in [2.24, 2.45) is 0 Å². The molecule has 0 spiro atoms. The molecule has 3 heteroatoms. The first-order valence-corrected chi connectivity index (χ1v) is 4.62. The van der Waals surface area contributed by atoms with Crippen LogP contribution in [0.5, 0.6) is 0 Å². The van der Waals surface area contributed by atoms with Gasteiger partial charge in [0, 0.05) is 16.5 Å². The van der Waals surface area contributed by atoms with E-state index in [-0.39, 0.29) is 0 Å². The van der Waals surface area contributed by atoms with Crippen LogP contribution in [-0.2, 0) is 0 Å². The number of benzene rings is 1. The predicted octanol–water partition coefficient (Wildman–Crippen LogP) is 2.81. The maximum absolute atomic E-state index is 8.48. The van der Waals surface area contributed by atoms with Crippen LogP contribution in [0.2, 0.25) is 0 Å². The molecule has 1 aromatic carbocycles. The number of fused-ring (bicyclic) bond motifs is 1. The van der Waals surface area contributed by atoms with Crippen molar-refractivity contribution in [3.8, 4) is 5.40 Å². The molecule has 0 unspecified atom stereocenters. The Labute approximate surface area is 80.2 Å². The second-order valence-electron chi connectivity index (χ2n) is 2.56. The quantitative estimate of drug-likeness (QED) is 0.507. The Morgan fingerprint density at radius 1 is 1.31 bits per heavy atom. The number of para-hydroxylation sites is 1. The number of pyridine rings is 1. The Hall–Kier alpha value is -1.53. The summed E-state index contributed by atoms with van der Waals surface area (Å²) in [4.78, 5) is 5.12. The average molecular weight is 186 g/mol. The maximum atomic E-state index is 8.48. The van der Waals surface area contributed by atoms with E-state index in [2.05, 4.69) is 4.98 Å². The molecule has 0 amide bonds. The van der Waals surface area contributed by atoms with Crippen molar-refractivity contribution in [3.63, 3.8) is 0 Å². The Balaban J connectivity index is 2.57. The van der Waals surface area contributed by atoms with Gasteiger partial charge in [-0.3, -0.25) is 4.98 Å². The molecule has 0 aliphatic carbocycles. The molecular formula is C10H6N2S. The third-order valence-corrected chi connectivity index (χ3v) is 2.28. The molecule has 0 aliphatic heterocycles. The molecule has 2 nitrogen and oxygen atoms in total. The van der Waals surface area contributed by atoms with Crippen LogP contribution in [0.1, 0.15) is 0 Å². The van der Waals surface area contributed by atoms with Crippen LogP contribution in [0, 0.1) is 10.7 Å². The van der Waals surface area contributed by atoms with Crippen LogP contribution in [0.25, 0.3) is 10.9 Å². The van der Waals surface area contributed by atoms with E-state index in [0.717, 1.165) is 27.6 Å². The van der Waals surface area contributed by atoms with Crippen LogP contribution < -0.4 is 0 Å². The van der Waals surface area contributed by atoms with Gasteiger partial charge in [-0.05, 0) is 23.9 Å². The first kappa shape index (κ1) is 8.09. The fourth-order valence-electron chi connectivity index (χ4n) is 1.16. The molecule has 2 aromatic rings. The number of nitriles is 1. The molecule has 0 N–H and O–H groups in total. The minimum Gasteiger partial charge on any atom is -0.255 e. The van der Waals surface area contributed by atoms with Gasteiger partial charge in [-0.2, -0.15) is 5.26 Å². The van der Waals surface area contributed by atoms with Gasteiger partial charge in [0.25, 0.3) is 0 Å². The molecule has 1 aromatic heterocycles. The molecule has 0 atom stereocenters. The van der Waals surface area contributed by atoms with Crippen molar-refractivity contribution < 1.29 is 0 Å². The lowest BCUT2D eigenvalue weighted by Crippen LogP contribution is -1.78. The smallest absolute Gasteiger partial charge is 0.138 e. The number of hydrogen-bond acceptors (Lipinski definition) is 3. The zero-order chi connectivity index (χ0) is 9.10. The fraction of sp³-hybridized carbons (Fsp3) is 0. The minimum atomic E-state index is 0.890. The summed E-state index contributed by atoms with van der Waals surface area (Å²) in [6.45, 7) is 0. The van der Waals surface area contributed by atoms with E-state index in [1.165, 1.54) is 0 Å². The van der Waals surface area contributed by atoms with Gasteiger partial charge in [-0.1, -0.05) is 18.2 Å². The van der Waals surface area contributed by atoms with E-state index >= 15 is 0 Å². The van der Waals surface area contributed by atoms with Crippen molar-refractivity contribution in [2.45, 2.75) is 4.90 Å². The summed E-state index contributed by atoms with van der Waals surface area (Å²) >= 11 is 1.13. The topological polar surface area (TPSA) is 36.7 Å². The minimum absolute atomic E-state index is 0.890. The summed E-state index contributed by atoms with van der Waals surface area (Å²) in [7, 11) is 0. The molecule has 0 saturated carbocycles. The first-order valence-electron chi connectivity index (χ1n) is 3.81. The normalized spacial score (nSPS) is 9.77. The second kappa shape index (κ2) is 3.46. The Morgan fingerprint density at radius 3 is 3.00 bits per heavy atom. The van der Waals surface area contributed by atoms with Gasteiger partial charge in [0.1, 0.15) is 5.40 Å². The molecule has 0 radical (unpaired) electrons. The predicted molar refractivity (Wildman–Crippen MR) is 53.2 cm³/mol. The summed E-state index contributed by atoms with van der Waals surface area (Å²) in [6, 6.07) is 9.83. The van der Waals surface area contributed by atoms with E-state index in [1.54, 1.807) is 6.20 Å². The molecular weight excluding hydrogens is 180 g/mol. The SMILES string of the molecule is N#CSc1cnc2ccccc2c1. The average Bonchev–Trinajstić information content (AvgIpc) is 2.18. The fourth-order valence-corrected chi connectivity index (χ4v) is 1.56. The van der Waals surface area contributed by atoms with Gasteiger partial charge in [0.05, 0.1) is 5.52 Å². The van der Waals surface area contributed by atoms with E-state index in [0.29, 0.717) is 0 Å². The molecule has 62 valence electrons. The van der Waals surface area contributed by atoms with E-state index < -0.39 is 0 Å². The number of nitrogens with zero attached hydrogens (tertiary/aromatic N) is 2. The largest absolute Gasteiger partial charge is 0.255 e. The lowest BCUT2D eigenvalue weighted by Gasteiger charge is -1.97. The third kappa shape index (κ3) is 1.63. The van der Waals surface area contributed by atoms with Crippen molar-refractivity contribution in [1.82, 2.24) is 4.98 Å². The number of thioether (sulfide) groups is 1. The summed E-state index contributed by atoms with van der Waals surface area (Å²) in [5, 5.41) is 11.6. The molecule has 0 bridgehead atoms. The maximum Gasteiger partial charge on any atom is 0.138 e. The van der Waals surface area contributed by atoms with E-state index in [4.69, 9.17) is 5.26 Å². The van der Waals surface area contributed by atoms with Crippen LogP contribution in [0.3, 0.4) is 0 Å². The molecule has 0 saturated heterocycles. The summed E-state index contributed by atoms with van der Waals surface area (Å²) in [6.07, 6.45) is 1.72. The monoisotopic (exact) mass is 186 g/mol. The molecule has 13 heavy (non-hydrogen) atoms. The number of hydrogen-bond donors (Lipinski definition) is 0. The van der Waals surface area contributed by atoms with Gasteiger partial charge in [0.15, 0.2) is 0 Å². The van der Waals surface area contributed by atoms with Crippen LogP contribution in [-0.4, -0.2) is 4.98 Å². The summed E-state index contributed by atoms with van der Waals surface area (Å²) < 4.78 is 0. The highest BCUT2D eigenvalue weighted by Gasteiger charge is 1.96. The zero-order valence-corrected chi connectivity index (χ0v) is 7.58. The Bertz CT molecular complexity index is 474. The van der Waals surface area contributed by atoms with Gasteiger partial charge < -0.3 is 0 Å². The number of aromatic nitrogens is 1. The lowest BCUT2D eigenvalue weighted by atomic mass is 10.2. The van der Waals surface area contributed by atoms with Crippen molar-refractivity contribution >= 4 is 22.7 Å². The lowest BCUT2D eigenvalue weighted by molar-refractivity contribution is 1.31. The zero-order valence-electron chi connectivity index (χ0n) is 6.77. The number of thiocyanates is 1. The van der Waals surface area contributed by atoms with E-state index in [1.807, 2.05) is 35.7 Å². The standard InChI is InChI=1S/C10H6N2S/c11-7-13-9-5-8-3-1-2-4-10(8)12-6-9/h1-6H. The molecule has 1 heterocycles. The summed E-state index contributed by atoms with van der Waals surface area (Å²) in [5.41, 5.74) is 0.963. The van der Waals surface area contributed by atoms with Crippen molar-refractivity contribution in [3.05, 3.63) is 36.5 Å². The first-order chi connectivity index (χ1) is 6.40. The van der Waals surface area contributed by atoms with Crippen molar-refractivity contribution in [2.75, 3.05) is 0 Å². The van der Waals surface area contributed by atoms with Gasteiger partial charge in [-0.25, -0.2) is 0 Å².